The van der Waals surface area contributed by atoms with Crippen molar-refractivity contribution in [3.8, 4) is 0 Å². The summed E-state index contributed by atoms with van der Waals surface area (Å²) in [6, 6.07) is 0.836. The molecule has 0 radical (unpaired) electrons. The number of ketones is 1. The molecule has 358 valence electrons. The van der Waals surface area contributed by atoms with E-state index in [4.69, 9.17) is 22.4 Å². The predicted octanol–water partition coefficient (Wildman–Crippen LogP) is 0.986. The Morgan fingerprint density at radius 1 is 0.350 bits per heavy atom. The van der Waals surface area contributed by atoms with E-state index in [9.17, 15) is 4.79 Å². The van der Waals surface area contributed by atoms with E-state index in [1.54, 1.807) is 107 Å². The maximum absolute atomic E-state index is 11.0. The SMILES string of the molecule is CCC1CC(=O)CC(C)N1.S=S=S=S=S=S=S=S=S=S=S=S=S=S=S=S=S=S=S=S=S=S=S=S=S=S=S=S=S=S=S=S=S=S=S=S=S=S=S=S=S=S=S=S=S=S=S=S=S=S. The van der Waals surface area contributed by atoms with Crippen LogP contribution in [0.2, 0.25) is 0 Å². The van der Waals surface area contributed by atoms with Crippen molar-refractivity contribution >= 4 is 454 Å². The highest BCUT2D eigenvalue weighted by Crippen LogP contribution is 2.10. The van der Waals surface area contributed by atoms with Gasteiger partial charge in [0.05, 0.1) is 0 Å². The van der Waals surface area contributed by atoms with Crippen LogP contribution in [-0.4, -0.2) is 17.9 Å². The van der Waals surface area contributed by atoms with E-state index in [2.05, 4.69) is 19.2 Å². The molecule has 1 aliphatic rings. The Kier molecular flexibility index (Phi) is 75.2. The summed E-state index contributed by atoms with van der Waals surface area (Å²) < 4.78 is 0. The molecule has 1 heterocycles. The topological polar surface area (TPSA) is 29.1 Å². The zero-order valence-corrected chi connectivity index (χ0v) is 67.9. The number of hydrogen-bond acceptors (Lipinski definition) is 4. The predicted molar refractivity (Wildman–Crippen MR) is 409 cm³/mol. The van der Waals surface area contributed by atoms with Crippen molar-refractivity contribution in [1.29, 1.82) is 0 Å². The van der Waals surface area contributed by atoms with Gasteiger partial charge in [-0.1, -0.05) is 6.92 Å². The Balaban J connectivity index is 0.00000301. The summed E-state index contributed by atoms with van der Waals surface area (Å²) in [4.78, 5) is 11.0. The molecule has 0 amide bonds. The van der Waals surface area contributed by atoms with Gasteiger partial charge in [-0.15, -0.1) is 0 Å². The highest BCUT2D eigenvalue weighted by atomic mass is 33.5. The first-order valence-electron chi connectivity index (χ1n) is 12.2. The van der Waals surface area contributed by atoms with Gasteiger partial charge in [0.15, 0.2) is 0 Å². The molecule has 0 aromatic carbocycles. The van der Waals surface area contributed by atoms with Crippen molar-refractivity contribution in [2.45, 2.75) is 45.2 Å². The number of rotatable bonds is 1. The second-order valence-electron chi connectivity index (χ2n) is 6.39. The molecule has 60 heavy (non-hydrogen) atoms. The molecule has 1 saturated heterocycles. The molecule has 0 aromatic heterocycles. The third kappa shape index (κ3) is 61.2. The Bertz CT molecular complexity index is 3540. The van der Waals surface area contributed by atoms with E-state index in [-0.39, 0.29) is 0 Å². The normalized spacial score (nSPS) is 12.2. The van der Waals surface area contributed by atoms with Gasteiger partial charge in [-0.05, 0) is 13.3 Å². The van der Waals surface area contributed by atoms with Crippen LogP contribution in [0.4, 0.5) is 0 Å². The first-order valence-corrected chi connectivity index (χ1v) is 77.5. The van der Waals surface area contributed by atoms with Gasteiger partial charge in [-0.3, -0.25) is 4.79 Å². The summed E-state index contributed by atoms with van der Waals surface area (Å²) in [7, 11) is 85.7. The summed E-state index contributed by atoms with van der Waals surface area (Å²) in [5.74, 6) is 0.415. The number of carbonyl (C=O) groups is 1. The third-order valence-corrected chi connectivity index (χ3v) is 108. The van der Waals surface area contributed by atoms with E-state index in [0.29, 0.717) is 17.9 Å². The van der Waals surface area contributed by atoms with Crippen molar-refractivity contribution in [3.05, 3.63) is 0 Å². The average molecular weight is 1740 g/mol. The van der Waals surface area contributed by atoms with Crippen LogP contribution in [0.25, 0.3) is 0 Å². The second-order valence-corrected chi connectivity index (χ2v) is 91.3. The van der Waals surface area contributed by atoms with Gasteiger partial charge in [0.1, 0.15) is 5.78 Å². The lowest BCUT2D eigenvalue weighted by Crippen LogP contribution is -2.43. The molecule has 2 nitrogen and oxygen atoms in total. The highest BCUT2D eigenvalue weighted by molar-refractivity contribution is 8.82. The van der Waals surface area contributed by atoms with Gasteiger partial charge in [-0.2, -0.15) is 0 Å². The molecule has 52 heteroatoms. The van der Waals surface area contributed by atoms with Gasteiger partial charge in [-0.25, -0.2) is 0 Å². The molecule has 0 bridgehead atoms. The van der Waals surface area contributed by atoms with E-state index in [0.717, 1.165) is 19.3 Å². The van der Waals surface area contributed by atoms with Crippen LogP contribution < -0.4 is 5.32 Å². The fourth-order valence-electron chi connectivity index (χ4n) is 2.00. The minimum absolute atomic E-state index is 0.395. The molecular formula is C8H15NOS50. The van der Waals surface area contributed by atoms with E-state index < -0.39 is 0 Å². The van der Waals surface area contributed by atoms with Crippen molar-refractivity contribution < 1.29 is 4.79 Å². The number of hydrogen-bond donors (Lipinski definition) is 1. The van der Waals surface area contributed by atoms with E-state index >= 15 is 0 Å². The molecule has 2 atom stereocenters. The maximum atomic E-state index is 11.0. The lowest BCUT2D eigenvalue weighted by Gasteiger charge is -2.26. The van der Waals surface area contributed by atoms with E-state index in [1.807, 2.05) is 302 Å². The summed E-state index contributed by atoms with van der Waals surface area (Å²) >= 11 is 9.62. The minimum Gasteiger partial charge on any atom is -0.311 e. The molecule has 0 aliphatic carbocycles. The molecule has 1 rings (SSSR count). The summed E-state index contributed by atoms with van der Waals surface area (Å²) in [5.41, 5.74) is 0. The number of nitrogens with one attached hydrogen (secondary N) is 1. The largest absolute Gasteiger partial charge is 0.311 e. The molecule has 0 spiro atoms. The first-order chi connectivity index (χ1) is 29.6. The number of Topliss-reactive ketones (excluding diaryl/α,β-unsaturated/α-hetero) is 1. The summed E-state index contributed by atoms with van der Waals surface area (Å²) in [6.45, 7) is 4.18. The molecule has 1 N–H and O–H groups in total. The van der Waals surface area contributed by atoms with Crippen LogP contribution in [0.5, 0.6) is 0 Å². The molecule has 2 unspecified atom stereocenters. The minimum atomic E-state index is 0.395. The van der Waals surface area contributed by atoms with Crippen LogP contribution in [0.15, 0.2) is 0 Å². The van der Waals surface area contributed by atoms with Crippen molar-refractivity contribution in [3.63, 3.8) is 0 Å². The molecule has 0 saturated carbocycles. The molecule has 0 aromatic rings. The molecular weight excluding hydrogens is 1730 g/mol. The standard InChI is InChI=1S/C8H15NO.S50/c1-3-7-5-8(10)4-6(2)9-7;1-3-5-7-9-11-13-15-17-19-21-23-25-27-29-31-33-35-37-39-41-43-45-47-49-50-48-46-44-42-40-38-36-34-32-30-28-26-24-22-20-18-16-14-12-10-8-6-4-2/h6-7,9H,3-5H2,1-2H3;. The van der Waals surface area contributed by atoms with E-state index in [1.165, 1.54) is 17.8 Å². The monoisotopic (exact) mass is 1740 g/mol. The number of piperidine rings is 1. The van der Waals surface area contributed by atoms with Crippen LogP contribution in [0.3, 0.4) is 0 Å². The van der Waals surface area contributed by atoms with Gasteiger partial charge >= 0.3 is 0 Å². The molecule has 1 aliphatic heterocycles. The first kappa shape index (κ1) is 70.6. The fourth-order valence-corrected chi connectivity index (χ4v) is 128. The van der Waals surface area contributed by atoms with Crippen LogP contribution in [0.1, 0.15) is 33.1 Å². The van der Waals surface area contributed by atoms with Crippen LogP contribution in [-0.2, 0) is 453 Å². The second kappa shape index (κ2) is 63.9. The van der Waals surface area contributed by atoms with Crippen LogP contribution >= 0.6 is 0 Å². The highest BCUT2D eigenvalue weighted by Gasteiger charge is 2.21. The van der Waals surface area contributed by atoms with Crippen LogP contribution in [0, 0.1) is 0 Å². The Hall–Kier alpha value is 10.6. The zero-order valence-electron chi connectivity index (χ0n) is 27.1. The third-order valence-electron chi connectivity index (χ3n) is 3.33. The van der Waals surface area contributed by atoms with Gasteiger partial charge in [0.2, 0.25) is 0 Å². The van der Waals surface area contributed by atoms with Gasteiger partial charge in [0, 0.05) is 474 Å². The lowest BCUT2D eigenvalue weighted by atomic mass is 9.97. The van der Waals surface area contributed by atoms with Gasteiger partial charge in [0.25, 0.3) is 0 Å². The quantitative estimate of drug-likeness (QED) is 0.425. The number of carbonyl (C=O) groups excluding carboxylic acids is 1. The Labute approximate surface area is 495 Å². The lowest BCUT2D eigenvalue weighted by molar-refractivity contribution is -0.121. The fraction of sp³-hybridized carbons (Fsp3) is 0.875. The summed E-state index contributed by atoms with van der Waals surface area (Å²) in [6.07, 6.45) is 2.52. The molecule has 1 fully saturated rings. The van der Waals surface area contributed by atoms with Crippen molar-refractivity contribution in [2.24, 2.45) is 0 Å². The Morgan fingerprint density at radius 3 is 0.650 bits per heavy atom. The summed E-state index contributed by atoms with van der Waals surface area (Å²) in [5, 5.41) is 3.38. The van der Waals surface area contributed by atoms with Crippen molar-refractivity contribution in [2.75, 3.05) is 0 Å². The maximum Gasteiger partial charge on any atom is 0.136 e. The van der Waals surface area contributed by atoms with Gasteiger partial charge < -0.3 is 5.32 Å². The average Bonchev–Trinajstić information content (AvgIpc) is 3.24. The van der Waals surface area contributed by atoms with Crippen molar-refractivity contribution in [1.82, 2.24) is 5.32 Å². The zero-order chi connectivity index (χ0) is 43.5. The Morgan fingerprint density at radius 2 is 0.517 bits per heavy atom. The smallest absolute Gasteiger partial charge is 0.136 e.